The third-order valence-electron chi connectivity index (χ3n) is 3.65. The van der Waals surface area contributed by atoms with Crippen molar-refractivity contribution in [3.8, 4) is 23.0 Å². The number of anilines is 1. The van der Waals surface area contributed by atoms with E-state index in [0.717, 1.165) is 6.07 Å². The monoisotopic (exact) mass is 387 g/mol. The zero-order valence-electron chi connectivity index (χ0n) is 14.9. The van der Waals surface area contributed by atoms with Crippen LogP contribution in [0.4, 0.5) is 14.8 Å². The lowest BCUT2D eigenvalue weighted by molar-refractivity contribution is -0.112. The predicted molar refractivity (Wildman–Crippen MR) is 96.9 cm³/mol. The molecule has 2 aromatic carbocycles. The fourth-order valence-corrected chi connectivity index (χ4v) is 2.32. The quantitative estimate of drug-likeness (QED) is 0.650. The van der Waals surface area contributed by atoms with E-state index >= 15 is 0 Å². The van der Waals surface area contributed by atoms with E-state index in [-0.39, 0.29) is 17.5 Å². The van der Waals surface area contributed by atoms with Gasteiger partial charge in [0, 0.05) is 12.1 Å². The van der Waals surface area contributed by atoms with Gasteiger partial charge >= 0.3 is 6.01 Å². The van der Waals surface area contributed by atoms with Crippen LogP contribution in [0, 0.1) is 11.6 Å². The second-order valence-electron chi connectivity index (χ2n) is 5.47. The maximum atomic E-state index is 13.7. The zero-order chi connectivity index (χ0) is 20.1. The Labute approximate surface area is 158 Å². The number of halogens is 2. The molecule has 1 heterocycles. The summed E-state index contributed by atoms with van der Waals surface area (Å²) in [5.41, 5.74) is 0.627. The van der Waals surface area contributed by atoms with Gasteiger partial charge in [-0.1, -0.05) is 11.2 Å². The van der Waals surface area contributed by atoms with Crippen LogP contribution < -0.4 is 14.8 Å². The number of nitrogens with one attached hydrogen (secondary N) is 1. The number of hydrogen-bond donors (Lipinski definition) is 1. The normalized spacial score (nSPS) is 10.9. The molecule has 0 atom stereocenters. The molecular weight excluding hydrogens is 372 g/mol. The van der Waals surface area contributed by atoms with Crippen molar-refractivity contribution in [1.29, 1.82) is 0 Å². The first kappa shape index (κ1) is 19.0. The van der Waals surface area contributed by atoms with Crippen molar-refractivity contribution in [2.24, 2.45) is 0 Å². The Balaban J connectivity index is 1.69. The van der Waals surface area contributed by atoms with E-state index in [9.17, 15) is 13.6 Å². The Morgan fingerprint density at radius 2 is 1.86 bits per heavy atom. The molecule has 0 spiro atoms. The Kier molecular flexibility index (Phi) is 5.64. The number of carbonyl (C=O) groups excluding carboxylic acids is 1. The number of carbonyl (C=O) groups is 1. The van der Waals surface area contributed by atoms with Crippen LogP contribution in [0.15, 0.2) is 46.9 Å². The highest BCUT2D eigenvalue weighted by molar-refractivity contribution is 6.00. The lowest BCUT2D eigenvalue weighted by Crippen LogP contribution is -2.07. The molecule has 0 aliphatic rings. The molecule has 0 saturated carbocycles. The molecule has 0 fully saturated rings. The van der Waals surface area contributed by atoms with Crippen LogP contribution in [0.25, 0.3) is 17.5 Å². The summed E-state index contributed by atoms with van der Waals surface area (Å²) in [6.45, 7) is 0. The van der Waals surface area contributed by atoms with Crippen molar-refractivity contribution < 1.29 is 27.5 Å². The highest BCUT2D eigenvalue weighted by Gasteiger charge is 2.14. The van der Waals surface area contributed by atoms with E-state index < -0.39 is 17.5 Å². The largest absolute Gasteiger partial charge is 0.493 e. The first-order valence-electron chi connectivity index (χ1n) is 8.00. The average molecular weight is 387 g/mol. The first-order valence-corrected chi connectivity index (χ1v) is 8.00. The maximum absolute atomic E-state index is 13.7. The van der Waals surface area contributed by atoms with Crippen molar-refractivity contribution in [3.05, 3.63) is 59.7 Å². The molecule has 144 valence electrons. The van der Waals surface area contributed by atoms with E-state index in [1.54, 1.807) is 24.3 Å². The van der Waals surface area contributed by atoms with Gasteiger partial charge in [0.05, 0.1) is 19.8 Å². The standard InChI is InChI=1S/C19H15F2N3O4/c1-26-15-7-3-11(9-16(15)27-2)4-8-17(25)22-19-24-23-18(28-19)13-6-5-12(20)10-14(13)21/h3-10H,1-2H3,(H,22,24,25). The van der Waals surface area contributed by atoms with Gasteiger partial charge in [0.1, 0.15) is 11.6 Å². The zero-order valence-corrected chi connectivity index (χ0v) is 14.9. The fourth-order valence-electron chi connectivity index (χ4n) is 2.32. The van der Waals surface area contributed by atoms with E-state index in [0.29, 0.717) is 23.1 Å². The SMILES string of the molecule is COc1ccc(C=CC(=O)Nc2nnc(-c3ccc(F)cc3F)o2)cc1OC. The molecule has 0 radical (unpaired) electrons. The van der Waals surface area contributed by atoms with Crippen LogP contribution in [-0.4, -0.2) is 30.3 Å². The number of ether oxygens (including phenoxy) is 2. The number of nitrogens with zero attached hydrogens (tertiary/aromatic N) is 2. The number of benzene rings is 2. The van der Waals surface area contributed by atoms with Crippen LogP contribution in [0.1, 0.15) is 5.56 Å². The molecule has 3 rings (SSSR count). The molecule has 3 aromatic rings. The Bertz CT molecular complexity index is 1030. The van der Waals surface area contributed by atoms with Crippen LogP contribution >= 0.6 is 0 Å². The van der Waals surface area contributed by atoms with Gasteiger partial charge in [-0.15, -0.1) is 5.10 Å². The molecule has 0 aliphatic heterocycles. The van der Waals surface area contributed by atoms with Crippen LogP contribution in [0.2, 0.25) is 0 Å². The van der Waals surface area contributed by atoms with Crippen LogP contribution in [0.3, 0.4) is 0 Å². The summed E-state index contributed by atoms with van der Waals surface area (Å²) in [5.74, 6) is -1.21. The topological polar surface area (TPSA) is 86.5 Å². The Morgan fingerprint density at radius 1 is 1.07 bits per heavy atom. The van der Waals surface area contributed by atoms with Gasteiger partial charge in [0.2, 0.25) is 0 Å². The number of aromatic nitrogens is 2. The maximum Gasteiger partial charge on any atom is 0.322 e. The highest BCUT2D eigenvalue weighted by Crippen LogP contribution is 2.28. The molecule has 1 amide bonds. The molecule has 9 heteroatoms. The summed E-state index contributed by atoms with van der Waals surface area (Å²) in [7, 11) is 3.03. The third-order valence-corrected chi connectivity index (χ3v) is 3.65. The fraction of sp³-hybridized carbons (Fsp3) is 0.105. The van der Waals surface area contributed by atoms with Gasteiger partial charge in [-0.2, -0.15) is 0 Å². The minimum absolute atomic E-state index is 0.0738. The Hall–Kier alpha value is -3.75. The summed E-state index contributed by atoms with van der Waals surface area (Å²) in [6, 6.07) is 7.85. The summed E-state index contributed by atoms with van der Waals surface area (Å²) in [5, 5.41) is 9.63. The van der Waals surface area contributed by atoms with Crippen molar-refractivity contribution >= 4 is 18.0 Å². The summed E-state index contributed by atoms with van der Waals surface area (Å²) in [6.07, 6.45) is 2.80. The predicted octanol–water partition coefficient (Wildman–Crippen LogP) is 3.68. The lowest BCUT2D eigenvalue weighted by atomic mass is 10.2. The van der Waals surface area contributed by atoms with Crippen molar-refractivity contribution in [2.45, 2.75) is 0 Å². The smallest absolute Gasteiger partial charge is 0.322 e. The molecular formula is C19H15F2N3O4. The summed E-state index contributed by atoms with van der Waals surface area (Å²) < 4.78 is 42.2. The van der Waals surface area contributed by atoms with Gasteiger partial charge in [0.25, 0.3) is 11.8 Å². The summed E-state index contributed by atoms with van der Waals surface area (Å²) >= 11 is 0. The van der Waals surface area contributed by atoms with Gasteiger partial charge < -0.3 is 13.9 Å². The second kappa shape index (κ2) is 8.30. The average Bonchev–Trinajstić information content (AvgIpc) is 3.14. The number of methoxy groups -OCH3 is 2. The summed E-state index contributed by atoms with van der Waals surface area (Å²) in [4.78, 5) is 12.0. The lowest BCUT2D eigenvalue weighted by Gasteiger charge is -2.07. The van der Waals surface area contributed by atoms with E-state index in [1.807, 2.05) is 0 Å². The molecule has 0 unspecified atom stereocenters. The van der Waals surface area contributed by atoms with E-state index in [4.69, 9.17) is 13.9 Å². The molecule has 7 nitrogen and oxygen atoms in total. The third kappa shape index (κ3) is 4.32. The minimum Gasteiger partial charge on any atom is -0.493 e. The molecule has 1 N–H and O–H groups in total. The second-order valence-corrected chi connectivity index (χ2v) is 5.47. The van der Waals surface area contributed by atoms with E-state index in [2.05, 4.69) is 15.5 Å². The number of amides is 1. The van der Waals surface area contributed by atoms with Crippen molar-refractivity contribution in [3.63, 3.8) is 0 Å². The van der Waals surface area contributed by atoms with E-state index in [1.165, 1.54) is 26.4 Å². The van der Waals surface area contributed by atoms with Crippen LogP contribution in [0.5, 0.6) is 11.5 Å². The van der Waals surface area contributed by atoms with Crippen LogP contribution in [-0.2, 0) is 4.79 Å². The molecule has 0 saturated heterocycles. The molecule has 1 aromatic heterocycles. The first-order chi connectivity index (χ1) is 13.5. The van der Waals surface area contributed by atoms with Gasteiger partial charge in [-0.25, -0.2) is 8.78 Å². The molecule has 0 aliphatic carbocycles. The molecule has 0 bridgehead atoms. The minimum atomic E-state index is -0.852. The van der Waals surface area contributed by atoms with Crippen molar-refractivity contribution in [2.75, 3.05) is 19.5 Å². The Morgan fingerprint density at radius 3 is 2.57 bits per heavy atom. The van der Waals surface area contributed by atoms with Crippen molar-refractivity contribution in [1.82, 2.24) is 10.2 Å². The number of hydrogen-bond acceptors (Lipinski definition) is 6. The van der Waals surface area contributed by atoms with Gasteiger partial charge in [-0.05, 0) is 35.9 Å². The molecule has 28 heavy (non-hydrogen) atoms. The number of rotatable bonds is 6. The van der Waals surface area contributed by atoms with Gasteiger partial charge in [-0.3, -0.25) is 10.1 Å². The van der Waals surface area contributed by atoms with Gasteiger partial charge in [0.15, 0.2) is 11.5 Å². The highest BCUT2D eigenvalue weighted by atomic mass is 19.1.